The van der Waals surface area contributed by atoms with Gasteiger partial charge in [-0.1, -0.05) is 17.7 Å². The molecule has 2 aromatic rings. The van der Waals surface area contributed by atoms with E-state index in [2.05, 4.69) is 18.3 Å². The zero-order valence-corrected chi connectivity index (χ0v) is 14.5. The van der Waals surface area contributed by atoms with Crippen molar-refractivity contribution in [3.63, 3.8) is 0 Å². The van der Waals surface area contributed by atoms with Gasteiger partial charge in [0.05, 0.1) is 0 Å². The van der Waals surface area contributed by atoms with E-state index in [4.69, 9.17) is 9.15 Å². The van der Waals surface area contributed by atoms with Crippen LogP contribution in [0.15, 0.2) is 34.7 Å². The number of ether oxygens (including phenoxy) is 1. The summed E-state index contributed by atoms with van der Waals surface area (Å²) >= 11 is 0. The second kappa shape index (κ2) is 7.09. The normalized spacial score (nSPS) is 17.0. The Labute approximate surface area is 142 Å². The predicted octanol–water partition coefficient (Wildman–Crippen LogP) is 2.91. The number of hydrogen-bond acceptors (Lipinski definition) is 4. The van der Waals surface area contributed by atoms with Gasteiger partial charge < -0.3 is 19.4 Å². The Bertz CT molecular complexity index is 717. The molecule has 3 rings (SSSR count). The molecule has 0 radical (unpaired) electrons. The highest BCUT2D eigenvalue weighted by Crippen LogP contribution is 2.21. The van der Waals surface area contributed by atoms with Crippen LogP contribution in [0, 0.1) is 13.8 Å². The minimum atomic E-state index is -0.0820. The van der Waals surface area contributed by atoms with E-state index in [1.165, 1.54) is 5.56 Å². The number of likely N-dealkylation sites (N-methyl/N-ethyl adjacent to an activating group) is 1. The van der Waals surface area contributed by atoms with Crippen molar-refractivity contribution in [1.29, 1.82) is 0 Å². The molecular formula is C19H24N2O3. The molecule has 1 saturated heterocycles. The zero-order valence-electron chi connectivity index (χ0n) is 14.5. The number of nitrogens with one attached hydrogen (secondary N) is 1. The smallest absolute Gasteiger partial charge is 0.289 e. The van der Waals surface area contributed by atoms with Gasteiger partial charge in [0.25, 0.3) is 5.91 Å². The van der Waals surface area contributed by atoms with Gasteiger partial charge in [0, 0.05) is 19.6 Å². The quantitative estimate of drug-likeness (QED) is 0.917. The molecule has 1 amide bonds. The van der Waals surface area contributed by atoms with Crippen molar-refractivity contribution in [3.8, 4) is 5.75 Å². The maximum Gasteiger partial charge on any atom is 0.289 e. The molecule has 1 N–H and O–H groups in total. The van der Waals surface area contributed by atoms with Crippen LogP contribution in [-0.2, 0) is 6.61 Å². The molecule has 0 spiro atoms. The van der Waals surface area contributed by atoms with Gasteiger partial charge >= 0.3 is 0 Å². The van der Waals surface area contributed by atoms with Crippen LogP contribution in [0.2, 0.25) is 0 Å². The average Bonchev–Trinajstić information content (AvgIpc) is 3.24. The zero-order chi connectivity index (χ0) is 17.1. The van der Waals surface area contributed by atoms with Crippen LogP contribution >= 0.6 is 0 Å². The molecule has 24 heavy (non-hydrogen) atoms. The van der Waals surface area contributed by atoms with E-state index < -0.39 is 0 Å². The molecule has 1 aliphatic rings. The van der Waals surface area contributed by atoms with Gasteiger partial charge in [0.2, 0.25) is 0 Å². The molecule has 5 heteroatoms. The first kappa shape index (κ1) is 16.6. The Hall–Kier alpha value is -2.27. The van der Waals surface area contributed by atoms with Crippen LogP contribution < -0.4 is 10.1 Å². The van der Waals surface area contributed by atoms with Crippen LogP contribution in [0.5, 0.6) is 5.75 Å². The van der Waals surface area contributed by atoms with Gasteiger partial charge in [-0.3, -0.25) is 4.79 Å². The summed E-state index contributed by atoms with van der Waals surface area (Å²) in [5.41, 5.74) is 2.29. The minimum Gasteiger partial charge on any atom is -0.485 e. The van der Waals surface area contributed by atoms with E-state index in [1.54, 1.807) is 17.0 Å². The van der Waals surface area contributed by atoms with Gasteiger partial charge in [-0.15, -0.1) is 0 Å². The summed E-state index contributed by atoms with van der Waals surface area (Å²) < 4.78 is 11.5. The van der Waals surface area contributed by atoms with E-state index in [-0.39, 0.29) is 11.9 Å². The molecule has 0 bridgehead atoms. The first-order valence-corrected chi connectivity index (χ1v) is 8.31. The fraction of sp³-hybridized carbons (Fsp3) is 0.421. The highest BCUT2D eigenvalue weighted by atomic mass is 16.5. The number of carbonyl (C=O) groups is 1. The summed E-state index contributed by atoms with van der Waals surface area (Å²) in [4.78, 5) is 14.2. The van der Waals surface area contributed by atoms with Crippen LogP contribution in [-0.4, -0.2) is 37.0 Å². The predicted molar refractivity (Wildman–Crippen MR) is 92.3 cm³/mol. The first-order valence-electron chi connectivity index (χ1n) is 8.31. The monoisotopic (exact) mass is 328 g/mol. The molecule has 128 valence electrons. The van der Waals surface area contributed by atoms with Crippen LogP contribution in [0.4, 0.5) is 0 Å². The van der Waals surface area contributed by atoms with Crippen molar-refractivity contribution < 1.29 is 13.9 Å². The molecule has 1 unspecified atom stereocenters. The SMILES string of the molecule is Cc1ccc(OCc2ccc(C(=O)N(C)C3CCNC3)o2)c(C)c1. The Morgan fingerprint density at radius 2 is 2.17 bits per heavy atom. The van der Waals surface area contributed by atoms with Gasteiger partial charge in [0.15, 0.2) is 5.76 Å². The van der Waals surface area contributed by atoms with E-state index in [9.17, 15) is 4.79 Å². The lowest BCUT2D eigenvalue weighted by Gasteiger charge is -2.22. The summed E-state index contributed by atoms with van der Waals surface area (Å²) in [5, 5.41) is 3.27. The number of furan rings is 1. The van der Waals surface area contributed by atoms with Gasteiger partial charge in [0.1, 0.15) is 18.1 Å². The topological polar surface area (TPSA) is 54.7 Å². The molecule has 1 aromatic heterocycles. The Balaban J connectivity index is 1.61. The van der Waals surface area contributed by atoms with Crippen molar-refractivity contribution in [3.05, 3.63) is 53.0 Å². The number of hydrogen-bond donors (Lipinski definition) is 1. The Kier molecular flexibility index (Phi) is 4.90. The molecule has 2 heterocycles. The Morgan fingerprint density at radius 1 is 1.33 bits per heavy atom. The summed E-state index contributed by atoms with van der Waals surface area (Å²) in [5.74, 6) is 1.76. The summed E-state index contributed by atoms with van der Waals surface area (Å²) in [6, 6.07) is 9.82. The van der Waals surface area contributed by atoms with Crippen LogP contribution in [0.3, 0.4) is 0 Å². The molecule has 0 saturated carbocycles. The Morgan fingerprint density at radius 3 is 2.88 bits per heavy atom. The maximum absolute atomic E-state index is 12.5. The minimum absolute atomic E-state index is 0.0820. The largest absolute Gasteiger partial charge is 0.485 e. The number of rotatable bonds is 5. The molecule has 1 fully saturated rings. The van der Waals surface area contributed by atoms with E-state index in [0.717, 1.165) is 30.8 Å². The summed E-state index contributed by atoms with van der Waals surface area (Å²) in [7, 11) is 1.83. The third-order valence-corrected chi connectivity index (χ3v) is 4.48. The van der Waals surface area contributed by atoms with Crippen LogP contribution in [0.1, 0.15) is 33.9 Å². The van der Waals surface area contributed by atoms with Crippen molar-refractivity contribution in [2.75, 3.05) is 20.1 Å². The van der Waals surface area contributed by atoms with E-state index in [0.29, 0.717) is 18.1 Å². The third-order valence-electron chi connectivity index (χ3n) is 4.48. The van der Waals surface area contributed by atoms with Crippen molar-refractivity contribution in [2.24, 2.45) is 0 Å². The highest BCUT2D eigenvalue weighted by molar-refractivity contribution is 5.91. The number of carbonyl (C=O) groups excluding carboxylic acids is 1. The number of nitrogens with zero attached hydrogens (tertiary/aromatic N) is 1. The lowest BCUT2D eigenvalue weighted by molar-refractivity contribution is 0.0707. The molecule has 0 aliphatic carbocycles. The number of amides is 1. The third kappa shape index (κ3) is 3.62. The highest BCUT2D eigenvalue weighted by Gasteiger charge is 2.25. The fourth-order valence-corrected chi connectivity index (χ4v) is 2.99. The summed E-state index contributed by atoms with van der Waals surface area (Å²) in [6.45, 7) is 6.18. The van der Waals surface area contributed by atoms with Crippen molar-refractivity contribution >= 4 is 5.91 Å². The lowest BCUT2D eigenvalue weighted by atomic mass is 10.1. The van der Waals surface area contributed by atoms with Crippen molar-refractivity contribution in [2.45, 2.75) is 32.9 Å². The van der Waals surface area contributed by atoms with Crippen molar-refractivity contribution in [1.82, 2.24) is 10.2 Å². The second-order valence-electron chi connectivity index (χ2n) is 6.39. The molecule has 1 atom stereocenters. The standard InChI is InChI=1S/C19H24N2O3/c1-13-4-6-17(14(2)10-13)23-12-16-5-7-18(24-16)19(22)21(3)15-8-9-20-11-15/h4-7,10,15,20H,8-9,11-12H2,1-3H3. The van der Waals surface area contributed by atoms with Crippen LogP contribution in [0.25, 0.3) is 0 Å². The van der Waals surface area contributed by atoms with Gasteiger partial charge in [-0.2, -0.15) is 0 Å². The fourth-order valence-electron chi connectivity index (χ4n) is 2.99. The van der Waals surface area contributed by atoms with Gasteiger partial charge in [-0.05, 0) is 50.6 Å². The average molecular weight is 328 g/mol. The number of aryl methyl sites for hydroxylation is 2. The summed E-state index contributed by atoms with van der Waals surface area (Å²) in [6.07, 6.45) is 0.978. The molecular weight excluding hydrogens is 304 g/mol. The van der Waals surface area contributed by atoms with E-state index >= 15 is 0 Å². The molecule has 5 nitrogen and oxygen atoms in total. The lowest BCUT2D eigenvalue weighted by Crippen LogP contribution is -2.38. The van der Waals surface area contributed by atoms with E-state index in [1.807, 2.05) is 26.1 Å². The molecule has 1 aromatic carbocycles. The first-order chi connectivity index (χ1) is 11.5. The second-order valence-corrected chi connectivity index (χ2v) is 6.39. The maximum atomic E-state index is 12.5. The molecule has 1 aliphatic heterocycles. The number of benzene rings is 1. The van der Waals surface area contributed by atoms with Gasteiger partial charge in [-0.25, -0.2) is 0 Å².